The molecule has 6 heteroatoms. The number of nitrogens with zero attached hydrogens (tertiary/aromatic N) is 1. The van der Waals surface area contributed by atoms with E-state index in [0.717, 1.165) is 29.2 Å². The third kappa shape index (κ3) is 2.06. The number of benzene rings is 1. The molecule has 120 valence electrons. The highest BCUT2D eigenvalue weighted by Crippen LogP contribution is 2.45. The van der Waals surface area contributed by atoms with Crippen LogP contribution in [0.4, 0.5) is 0 Å². The highest BCUT2D eigenvalue weighted by Gasteiger charge is 2.55. The van der Waals surface area contributed by atoms with Crippen LogP contribution in [0, 0.1) is 0 Å². The first kappa shape index (κ1) is 15.1. The van der Waals surface area contributed by atoms with E-state index in [1.54, 1.807) is 14.2 Å². The molecule has 0 spiro atoms. The second kappa shape index (κ2) is 5.44. The molecule has 1 fully saturated rings. The SMILES string of the molecule is COC(=O)[C@@]12CN(C)C[C@@H]1c1cc(OC)cc(OC)c1CN2. The fraction of sp³-hybridized carbons (Fsp3) is 0.562. The largest absolute Gasteiger partial charge is 0.497 e. The molecular formula is C16H22N2O4. The average molecular weight is 306 g/mol. The third-order valence-corrected chi connectivity index (χ3v) is 4.79. The van der Waals surface area contributed by atoms with Gasteiger partial charge in [0, 0.05) is 37.2 Å². The Morgan fingerprint density at radius 1 is 1.32 bits per heavy atom. The zero-order valence-electron chi connectivity index (χ0n) is 13.4. The Balaban J connectivity index is 2.14. The summed E-state index contributed by atoms with van der Waals surface area (Å²) in [5.41, 5.74) is 1.49. The van der Waals surface area contributed by atoms with Crippen molar-refractivity contribution in [2.24, 2.45) is 0 Å². The maximum absolute atomic E-state index is 12.5. The molecule has 2 atom stereocenters. The Morgan fingerprint density at radius 2 is 2.09 bits per heavy atom. The van der Waals surface area contributed by atoms with Gasteiger partial charge in [-0.15, -0.1) is 0 Å². The van der Waals surface area contributed by atoms with Gasteiger partial charge in [0.2, 0.25) is 0 Å². The minimum absolute atomic E-state index is 0.0118. The van der Waals surface area contributed by atoms with E-state index in [0.29, 0.717) is 13.1 Å². The molecule has 2 heterocycles. The molecule has 3 rings (SSSR count). The summed E-state index contributed by atoms with van der Waals surface area (Å²) in [4.78, 5) is 14.6. The predicted octanol–water partition coefficient (Wildman–Crippen LogP) is 0.748. The van der Waals surface area contributed by atoms with Crippen molar-refractivity contribution in [3.8, 4) is 11.5 Å². The van der Waals surface area contributed by atoms with Crippen LogP contribution in [0.2, 0.25) is 0 Å². The van der Waals surface area contributed by atoms with Crippen LogP contribution in [0.25, 0.3) is 0 Å². The second-order valence-electron chi connectivity index (χ2n) is 5.96. The normalized spacial score (nSPS) is 27.0. The molecule has 0 bridgehead atoms. The molecule has 22 heavy (non-hydrogen) atoms. The van der Waals surface area contributed by atoms with Gasteiger partial charge in [0.05, 0.1) is 21.3 Å². The highest BCUT2D eigenvalue weighted by molar-refractivity contribution is 5.84. The number of nitrogens with one attached hydrogen (secondary N) is 1. The van der Waals surface area contributed by atoms with Crippen LogP contribution in [0.5, 0.6) is 11.5 Å². The lowest BCUT2D eigenvalue weighted by atomic mass is 9.76. The molecule has 0 radical (unpaired) electrons. The lowest BCUT2D eigenvalue weighted by molar-refractivity contribution is -0.149. The number of rotatable bonds is 3. The van der Waals surface area contributed by atoms with Gasteiger partial charge < -0.3 is 19.1 Å². The minimum Gasteiger partial charge on any atom is -0.497 e. The molecule has 0 saturated carbocycles. The summed E-state index contributed by atoms with van der Waals surface area (Å²) in [6.45, 7) is 1.98. The Morgan fingerprint density at radius 3 is 2.73 bits per heavy atom. The van der Waals surface area contributed by atoms with Gasteiger partial charge in [0.25, 0.3) is 0 Å². The quantitative estimate of drug-likeness (QED) is 0.832. The van der Waals surface area contributed by atoms with Crippen molar-refractivity contribution in [1.82, 2.24) is 10.2 Å². The fourth-order valence-corrected chi connectivity index (χ4v) is 3.76. The van der Waals surface area contributed by atoms with Crippen LogP contribution in [-0.4, -0.2) is 57.9 Å². The number of ether oxygens (including phenoxy) is 3. The molecule has 6 nitrogen and oxygen atoms in total. The second-order valence-corrected chi connectivity index (χ2v) is 5.96. The van der Waals surface area contributed by atoms with Crippen molar-refractivity contribution in [3.05, 3.63) is 23.3 Å². The number of esters is 1. The van der Waals surface area contributed by atoms with E-state index in [1.165, 1.54) is 7.11 Å². The van der Waals surface area contributed by atoms with Gasteiger partial charge in [0.15, 0.2) is 0 Å². The maximum Gasteiger partial charge on any atom is 0.328 e. The van der Waals surface area contributed by atoms with Crippen molar-refractivity contribution < 1.29 is 19.0 Å². The molecule has 1 aromatic carbocycles. The topological polar surface area (TPSA) is 60.0 Å². The van der Waals surface area contributed by atoms with Gasteiger partial charge in [-0.3, -0.25) is 5.32 Å². The molecule has 2 aliphatic rings. The van der Waals surface area contributed by atoms with Crippen molar-refractivity contribution >= 4 is 5.97 Å². The molecule has 0 unspecified atom stereocenters. The van der Waals surface area contributed by atoms with Crippen LogP contribution >= 0.6 is 0 Å². The minimum atomic E-state index is -0.701. The van der Waals surface area contributed by atoms with Gasteiger partial charge in [-0.2, -0.15) is 0 Å². The smallest absolute Gasteiger partial charge is 0.328 e. The van der Waals surface area contributed by atoms with Gasteiger partial charge >= 0.3 is 5.97 Å². The van der Waals surface area contributed by atoms with Gasteiger partial charge in [0.1, 0.15) is 17.0 Å². The van der Waals surface area contributed by atoms with E-state index >= 15 is 0 Å². The fourth-order valence-electron chi connectivity index (χ4n) is 3.76. The first-order valence-electron chi connectivity index (χ1n) is 7.32. The molecule has 1 N–H and O–H groups in total. The number of likely N-dealkylation sites (N-methyl/N-ethyl adjacent to an activating group) is 1. The van der Waals surface area contributed by atoms with Gasteiger partial charge in [-0.1, -0.05) is 0 Å². The number of carbonyl (C=O) groups is 1. The van der Waals surface area contributed by atoms with Crippen LogP contribution in [0.3, 0.4) is 0 Å². The first-order chi connectivity index (χ1) is 10.6. The van der Waals surface area contributed by atoms with Crippen molar-refractivity contribution in [2.45, 2.75) is 18.0 Å². The summed E-state index contributed by atoms with van der Waals surface area (Å²) < 4.78 is 16.0. The molecule has 0 aromatic heterocycles. The number of fused-ring (bicyclic) bond motifs is 3. The Kier molecular flexibility index (Phi) is 3.74. The zero-order chi connectivity index (χ0) is 15.9. The lowest BCUT2D eigenvalue weighted by Crippen LogP contribution is -2.59. The molecule has 2 aliphatic heterocycles. The number of hydrogen-bond donors (Lipinski definition) is 1. The number of carbonyl (C=O) groups excluding carboxylic acids is 1. The van der Waals surface area contributed by atoms with Crippen LogP contribution in [-0.2, 0) is 16.1 Å². The Hall–Kier alpha value is -1.79. The summed E-state index contributed by atoms with van der Waals surface area (Å²) in [7, 11) is 6.74. The van der Waals surface area contributed by atoms with E-state index in [2.05, 4.69) is 10.2 Å². The van der Waals surface area contributed by atoms with E-state index in [4.69, 9.17) is 14.2 Å². The van der Waals surface area contributed by atoms with E-state index in [9.17, 15) is 4.79 Å². The van der Waals surface area contributed by atoms with E-state index < -0.39 is 5.54 Å². The van der Waals surface area contributed by atoms with Gasteiger partial charge in [-0.25, -0.2) is 4.79 Å². The summed E-state index contributed by atoms with van der Waals surface area (Å²) in [6.07, 6.45) is 0. The van der Waals surface area contributed by atoms with E-state index in [-0.39, 0.29) is 11.9 Å². The zero-order valence-corrected chi connectivity index (χ0v) is 13.4. The highest BCUT2D eigenvalue weighted by atomic mass is 16.5. The number of likely N-dealkylation sites (tertiary alicyclic amines) is 1. The monoisotopic (exact) mass is 306 g/mol. The van der Waals surface area contributed by atoms with E-state index in [1.807, 2.05) is 19.2 Å². The number of methoxy groups -OCH3 is 3. The molecule has 0 aliphatic carbocycles. The van der Waals surface area contributed by atoms with Crippen molar-refractivity contribution in [2.75, 3.05) is 41.5 Å². The third-order valence-electron chi connectivity index (χ3n) is 4.79. The molecule has 1 saturated heterocycles. The summed E-state index contributed by atoms with van der Waals surface area (Å²) in [5.74, 6) is 1.33. The van der Waals surface area contributed by atoms with Gasteiger partial charge in [-0.05, 0) is 18.7 Å². The number of hydrogen-bond acceptors (Lipinski definition) is 6. The first-order valence-corrected chi connectivity index (χ1v) is 7.32. The predicted molar refractivity (Wildman–Crippen MR) is 81.4 cm³/mol. The van der Waals surface area contributed by atoms with Crippen LogP contribution in [0.15, 0.2) is 12.1 Å². The molecule has 0 amide bonds. The van der Waals surface area contributed by atoms with Crippen LogP contribution < -0.4 is 14.8 Å². The summed E-state index contributed by atoms with van der Waals surface area (Å²) in [6, 6.07) is 3.89. The standard InChI is InChI=1S/C16H22N2O4/c1-18-8-13-11-5-10(20-2)6-14(21-3)12(11)7-17-16(13,9-18)15(19)22-4/h5-6,13,17H,7-9H2,1-4H3/t13-,16-/m1/s1. The lowest BCUT2D eigenvalue weighted by Gasteiger charge is -2.39. The molecular weight excluding hydrogens is 284 g/mol. The summed E-state index contributed by atoms with van der Waals surface area (Å²) in [5, 5.41) is 3.41. The maximum atomic E-state index is 12.5. The Labute approximate surface area is 130 Å². The summed E-state index contributed by atoms with van der Waals surface area (Å²) >= 11 is 0. The average Bonchev–Trinajstić information content (AvgIpc) is 2.90. The van der Waals surface area contributed by atoms with Crippen molar-refractivity contribution in [3.63, 3.8) is 0 Å². The Bertz CT molecular complexity index is 604. The van der Waals surface area contributed by atoms with Crippen LogP contribution in [0.1, 0.15) is 17.0 Å². The molecule has 1 aromatic rings. The van der Waals surface area contributed by atoms with Crippen molar-refractivity contribution in [1.29, 1.82) is 0 Å².